The molecular weight excluding hydrogens is 460 g/mol. The van der Waals surface area contributed by atoms with Crippen molar-refractivity contribution < 1.29 is 28.9 Å². The van der Waals surface area contributed by atoms with Crippen molar-refractivity contribution in [2.75, 3.05) is 26.2 Å². The number of benzene rings is 2. The number of aromatic nitrogens is 1. The Labute approximate surface area is 201 Å². The van der Waals surface area contributed by atoms with Crippen LogP contribution in [0.25, 0.3) is 5.76 Å². The van der Waals surface area contributed by atoms with Crippen LogP contribution in [0, 0.1) is 0 Å². The summed E-state index contributed by atoms with van der Waals surface area (Å²) in [7, 11) is 4.31. The molecule has 0 spiro atoms. The number of hydrogen-bond donors (Lipinski definition) is 1. The van der Waals surface area contributed by atoms with Crippen molar-refractivity contribution in [1.82, 2.24) is 4.98 Å². The van der Waals surface area contributed by atoms with Crippen molar-refractivity contribution in [3.63, 3.8) is 0 Å². The molecule has 0 aliphatic carbocycles. The van der Waals surface area contributed by atoms with Crippen molar-refractivity contribution in [2.45, 2.75) is 6.04 Å². The quantitative estimate of drug-likeness (QED) is 0.317. The number of aliphatic hydroxyl groups excluding tert-OH is 1. The summed E-state index contributed by atoms with van der Waals surface area (Å²) in [5, 5.41) is 11.7. The van der Waals surface area contributed by atoms with E-state index >= 15 is 0 Å². The number of Topliss-reactive ketones (excluding diaryl/α,β-unsaturated/α-hetero) is 1. The van der Waals surface area contributed by atoms with Crippen molar-refractivity contribution in [3.8, 4) is 17.2 Å². The molecule has 2 heterocycles. The average Bonchev–Trinajstić information content (AvgIpc) is 3.13. The molecule has 1 aliphatic heterocycles. The molecule has 3 aromatic rings. The number of carbonyl (C=O) groups excluding carboxylic acids is 2. The largest absolute Gasteiger partial charge is 0.507 e. The van der Waals surface area contributed by atoms with Crippen LogP contribution in [0.15, 0.2) is 66.5 Å². The fraction of sp³-hybridized carbons (Fsp3) is 0.160. The summed E-state index contributed by atoms with van der Waals surface area (Å²) < 4.78 is 16.1. The van der Waals surface area contributed by atoms with Crippen LogP contribution in [-0.4, -0.2) is 43.1 Å². The first-order valence-corrected chi connectivity index (χ1v) is 10.6. The van der Waals surface area contributed by atoms with Crippen LogP contribution in [-0.2, 0) is 9.59 Å². The van der Waals surface area contributed by atoms with E-state index in [2.05, 4.69) is 4.98 Å². The molecular formula is C25H21ClN2O6. The summed E-state index contributed by atoms with van der Waals surface area (Å²) >= 11 is 6.20. The van der Waals surface area contributed by atoms with E-state index in [0.717, 1.165) is 0 Å². The van der Waals surface area contributed by atoms with Gasteiger partial charge < -0.3 is 19.3 Å². The van der Waals surface area contributed by atoms with E-state index in [0.29, 0.717) is 17.0 Å². The Hall–Kier alpha value is -4.04. The van der Waals surface area contributed by atoms with Crippen molar-refractivity contribution in [1.29, 1.82) is 0 Å². The molecule has 8 nitrogen and oxygen atoms in total. The number of nitrogens with zero attached hydrogens (tertiary/aromatic N) is 2. The van der Waals surface area contributed by atoms with E-state index in [1.54, 1.807) is 48.8 Å². The van der Waals surface area contributed by atoms with Gasteiger partial charge in [-0.2, -0.15) is 0 Å². The number of halogens is 1. The SMILES string of the molecule is COc1cc(/C(O)=C2\C(=O)C(=O)N(c3ccccc3OC)C2c2ccncc2)c(OC)cc1Cl. The van der Waals surface area contributed by atoms with Crippen molar-refractivity contribution in [2.24, 2.45) is 0 Å². The number of rotatable bonds is 6. The number of aliphatic hydroxyl groups is 1. The van der Waals surface area contributed by atoms with Crippen LogP contribution in [0.2, 0.25) is 5.02 Å². The number of ether oxygens (including phenoxy) is 3. The topological polar surface area (TPSA) is 98.2 Å². The minimum atomic E-state index is -0.953. The molecule has 1 N–H and O–H groups in total. The number of hydrogen-bond acceptors (Lipinski definition) is 7. The zero-order chi connectivity index (χ0) is 24.4. The molecule has 34 heavy (non-hydrogen) atoms. The molecule has 1 atom stereocenters. The maximum absolute atomic E-state index is 13.3. The summed E-state index contributed by atoms with van der Waals surface area (Å²) in [6, 6.07) is 12.2. The summed E-state index contributed by atoms with van der Waals surface area (Å²) in [5.74, 6) is -1.23. The van der Waals surface area contributed by atoms with Crippen LogP contribution in [0.1, 0.15) is 17.2 Å². The van der Waals surface area contributed by atoms with E-state index in [9.17, 15) is 14.7 Å². The first-order valence-electron chi connectivity index (χ1n) is 10.2. The number of pyridine rings is 1. The molecule has 1 aromatic heterocycles. The highest BCUT2D eigenvalue weighted by molar-refractivity contribution is 6.52. The standard InChI is InChI=1S/C25H21ClN2O6/c1-32-18-7-5-4-6-17(18)28-22(14-8-10-27-11-9-14)21(24(30)25(28)31)23(29)15-12-20(34-3)16(26)13-19(15)33-2/h4-13,22,29H,1-3H3/b23-21+. The molecule has 1 unspecified atom stereocenters. The molecule has 0 saturated carbocycles. The lowest BCUT2D eigenvalue weighted by Gasteiger charge is -2.26. The lowest BCUT2D eigenvalue weighted by Crippen LogP contribution is -2.29. The Morgan fingerprint density at radius 2 is 1.59 bits per heavy atom. The highest BCUT2D eigenvalue weighted by Crippen LogP contribution is 2.46. The van der Waals surface area contributed by atoms with Gasteiger partial charge in [0.05, 0.1) is 49.2 Å². The average molecular weight is 481 g/mol. The smallest absolute Gasteiger partial charge is 0.300 e. The van der Waals surface area contributed by atoms with Gasteiger partial charge in [-0.1, -0.05) is 23.7 Å². The second-order valence-corrected chi connectivity index (χ2v) is 7.72. The van der Waals surface area contributed by atoms with Gasteiger partial charge in [-0.05, 0) is 35.9 Å². The van der Waals surface area contributed by atoms with Crippen LogP contribution in [0.5, 0.6) is 17.2 Å². The molecule has 174 valence electrons. The predicted molar refractivity (Wildman–Crippen MR) is 127 cm³/mol. The first kappa shape index (κ1) is 23.1. The molecule has 1 saturated heterocycles. The molecule has 0 bridgehead atoms. The Morgan fingerprint density at radius 3 is 2.24 bits per heavy atom. The zero-order valence-electron chi connectivity index (χ0n) is 18.6. The monoisotopic (exact) mass is 480 g/mol. The fourth-order valence-corrected chi connectivity index (χ4v) is 4.19. The Balaban J connectivity index is 2.01. The Kier molecular flexibility index (Phi) is 6.43. The van der Waals surface area contributed by atoms with Gasteiger partial charge in [-0.3, -0.25) is 19.5 Å². The normalized spacial score (nSPS) is 17.1. The minimum absolute atomic E-state index is 0.121. The third-order valence-electron chi connectivity index (χ3n) is 5.54. The zero-order valence-corrected chi connectivity index (χ0v) is 19.4. The summed E-state index contributed by atoms with van der Waals surface area (Å²) in [6.45, 7) is 0. The van der Waals surface area contributed by atoms with E-state index in [-0.39, 0.29) is 27.7 Å². The van der Waals surface area contributed by atoms with Crippen LogP contribution >= 0.6 is 11.6 Å². The Morgan fingerprint density at radius 1 is 0.941 bits per heavy atom. The molecule has 2 aromatic carbocycles. The lowest BCUT2D eigenvalue weighted by molar-refractivity contribution is -0.132. The number of amides is 1. The van der Waals surface area contributed by atoms with Crippen LogP contribution < -0.4 is 19.1 Å². The molecule has 1 fully saturated rings. The van der Waals surface area contributed by atoms with Gasteiger partial charge in [0.15, 0.2) is 0 Å². The second-order valence-electron chi connectivity index (χ2n) is 7.31. The molecule has 4 rings (SSSR count). The molecule has 1 aliphatic rings. The number of methoxy groups -OCH3 is 3. The van der Waals surface area contributed by atoms with Gasteiger partial charge in [0.2, 0.25) is 0 Å². The van der Waals surface area contributed by atoms with Gasteiger partial charge in [0.1, 0.15) is 23.0 Å². The number of ketones is 1. The number of anilines is 1. The molecule has 1 amide bonds. The van der Waals surface area contributed by atoms with Gasteiger partial charge in [-0.15, -0.1) is 0 Å². The van der Waals surface area contributed by atoms with Crippen molar-refractivity contribution in [3.05, 3.63) is 82.6 Å². The third kappa shape index (κ3) is 3.82. The van der Waals surface area contributed by atoms with Gasteiger partial charge >= 0.3 is 0 Å². The molecule has 9 heteroatoms. The predicted octanol–water partition coefficient (Wildman–Crippen LogP) is 4.39. The van der Waals surface area contributed by atoms with E-state index in [4.69, 9.17) is 25.8 Å². The fourth-order valence-electron chi connectivity index (χ4n) is 3.96. The highest BCUT2D eigenvalue weighted by atomic mass is 35.5. The maximum atomic E-state index is 13.3. The minimum Gasteiger partial charge on any atom is -0.507 e. The first-order chi connectivity index (χ1) is 16.4. The van der Waals surface area contributed by atoms with Gasteiger partial charge in [0, 0.05) is 18.5 Å². The van der Waals surface area contributed by atoms with Crippen LogP contribution in [0.3, 0.4) is 0 Å². The van der Waals surface area contributed by atoms with Crippen molar-refractivity contribution >= 4 is 34.7 Å². The van der Waals surface area contributed by atoms with E-state index in [1.807, 2.05) is 0 Å². The van der Waals surface area contributed by atoms with Gasteiger partial charge in [0.25, 0.3) is 11.7 Å². The number of carbonyl (C=O) groups is 2. The highest BCUT2D eigenvalue weighted by Gasteiger charge is 2.48. The lowest BCUT2D eigenvalue weighted by atomic mass is 9.95. The summed E-state index contributed by atoms with van der Waals surface area (Å²) in [5.41, 5.74) is 0.987. The number of para-hydroxylation sites is 2. The summed E-state index contributed by atoms with van der Waals surface area (Å²) in [6.07, 6.45) is 3.09. The van der Waals surface area contributed by atoms with E-state index < -0.39 is 23.5 Å². The summed E-state index contributed by atoms with van der Waals surface area (Å²) in [4.78, 5) is 32.0. The maximum Gasteiger partial charge on any atom is 0.300 e. The van der Waals surface area contributed by atoms with Gasteiger partial charge in [-0.25, -0.2) is 0 Å². The third-order valence-corrected chi connectivity index (χ3v) is 5.84. The molecule has 0 radical (unpaired) electrons. The Bertz CT molecular complexity index is 1290. The van der Waals surface area contributed by atoms with Crippen LogP contribution in [0.4, 0.5) is 5.69 Å². The second kappa shape index (κ2) is 9.44. The van der Waals surface area contributed by atoms with E-state index in [1.165, 1.54) is 38.4 Å².